The van der Waals surface area contributed by atoms with Gasteiger partial charge in [-0.3, -0.25) is 19.7 Å². The number of amides is 1. The molecule has 1 aliphatic heterocycles. The lowest BCUT2D eigenvalue weighted by molar-refractivity contribution is -0.384. The highest BCUT2D eigenvalue weighted by molar-refractivity contribution is 5.93. The largest absolute Gasteiger partial charge is 0.469 e. The predicted molar refractivity (Wildman–Crippen MR) is 108 cm³/mol. The van der Waals surface area contributed by atoms with Gasteiger partial charge in [0.05, 0.1) is 17.6 Å². The minimum absolute atomic E-state index is 0.00833. The van der Waals surface area contributed by atoms with Crippen molar-refractivity contribution in [2.24, 2.45) is 5.92 Å². The van der Waals surface area contributed by atoms with E-state index in [2.05, 4.69) is 17.0 Å². The van der Waals surface area contributed by atoms with E-state index in [1.165, 1.54) is 19.2 Å². The number of nitrogens with zero attached hydrogens (tertiary/aromatic N) is 2. The van der Waals surface area contributed by atoms with Gasteiger partial charge < -0.3 is 19.7 Å². The van der Waals surface area contributed by atoms with Crippen LogP contribution in [-0.2, 0) is 19.1 Å². The molecule has 1 atom stereocenters. The van der Waals surface area contributed by atoms with E-state index < -0.39 is 23.4 Å². The zero-order valence-electron chi connectivity index (χ0n) is 17.2. The predicted octanol–water partition coefficient (Wildman–Crippen LogP) is 2.06. The molecule has 1 fully saturated rings. The first-order valence-corrected chi connectivity index (χ1v) is 9.85. The second-order valence-corrected chi connectivity index (χ2v) is 7.26. The molecule has 30 heavy (non-hydrogen) atoms. The fourth-order valence-electron chi connectivity index (χ4n) is 3.30. The van der Waals surface area contributed by atoms with Crippen LogP contribution in [-0.4, -0.2) is 56.1 Å². The van der Waals surface area contributed by atoms with Crippen LogP contribution in [0, 0.1) is 16.0 Å². The first-order chi connectivity index (χ1) is 14.3. The molecule has 1 amide bonds. The third-order valence-corrected chi connectivity index (χ3v) is 4.85. The molecule has 1 aromatic rings. The summed E-state index contributed by atoms with van der Waals surface area (Å²) in [6.07, 6.45) is 2.60. The molecule has 1 heterocycles. The fraction of sp³-hybridized carbons (Fsp3) is 0.550. The monoisotopic (exact) mass is 421 g/mol. The topological polar surface area (TPSA) is 128 Å². The molecular weight excluding hydrogens is 394 g/mol. The normalized spacial score (nSPS) is 15.9. The summed E-state index contributed by atoms with van der Waals surface area (Å²) < 4.78 is 9.44. The van der Waals surface area contributed by atoms with Gasteiger partial charge in [0.25, 0.3) is 11.6 Å². The van der Waals surface area contributed by atoms with Crippen LogP contribution in [0.3, 0.4) is 0 Å². The van der Waals surface area contributed by atoms with Crippen molar-refractivity contribution < 1.29 is 28.8 Å². The number of nitro groups is 1. The van der Waals surface area contributed by atoms with Crippen molar-refractivity contribution >= 4 is 29.2 Å². The van der Waals surface area contributed by atoms with Gasteiger partial charge in [-0.1, -0.05) is 6.92 Å². The Morgan fingerprint density at radius 2 is 2.10 bits per heavy atom. The van der Waals surface area contributed by atoms with E-state index in [4.69, 9.17) is 4.74 Å². The highest BCUT2D eigenvalue weighted by atomic mass is 16.6. The van der Waals surface area contributed by atoms with E-state index in [9.17, 15) is 24.5 Å². The molecule has 0 radical (unpaired) electrons. The number of nitro benzene ring substituents is 1. The maximum absolute atomic E-state index is 12.2. The first kappa shape index (κ1) is 23.1. The number of rotatable bonds is 9. The van der Waals surface area contributed by atoms with E-state index in [-0.39, 0.29) is 30.2 Å². The Hall–Kier alpha value is -3.17. The standard InChI is InChI=1S/C20H27N3O7/c1-14-5-4-10-22(12-14)16-8-7-15(11-17(16)23(27)28)20(26)30-13-18(24)21-9-3-6-19(25)29-2/h7-8,11,14H,3-6,9-10,12-13H2,1-2H3,(H,21,24)/t14-/m1/s1. The number of esters is 2. The number of piperidine rings is 1. The molecule has 10 heteroatoms. The lowest BCUT2D eigenvalue weighted by atomic mass is 9.99. The van der Waals surface area contributed by atoms with Gasteiger partial charge in [-0.05, 0) is 37.3 Å². The van der Waals surface area contributed by atoms with E-state index in [0.717, 1.165) is 25.9 Å². The summed E-state index contributed by atoms with van der Waals surface area (Å²) in [6.45, 7) is 3.27. The molecule has 1 saturated heterocycles. The summed E-state index contributed by atoms with van der Waals surface area (Å²) in [7, 11) is 1.28. The van der Waals surface area contributed by atoms with E-state index in [1.807, 2.05) is 4.90 Å². The molecule has 0 saturated carbocycles. The van der Waals surface area contributed by atoms with E-state index >= 15 is 0 Å². The molecule has 0 aromatic heterocycles. The van der Waals surface area contributed by atoms with Crippen LogP contribution in [0.5, 0.6) is 0 Å². The van der Waals surface area contributed by atoms with Crippen molar-refractivity contribution in [3.05, 3.63) is 33.9 Å². The first-order valence-electron chi connectivity index (χ1n) is 9.85. The molecule has 1 aromatic carbocycles. The van der Waals surface area contributed by atoms with Gasteiger partial charge in [0, 0.05) is 32.1 Å². The third-order valence-electron chi connectivity index (χ3n) is 4.85. The van der Waals surface area contributed by atoms with Gasteiger partial charge in [0.15, 0.2) is 6.61 Å². The van der Waals surface area contributed by atoms with Crippen molar-refractivity contribution in [3.8, 4) is 0 Å². The van der Waals surface area contributed by atoms with Crippen LogP contribution in [0.25, 0.3) is 0 Å². The van der Waals surface area contributed by atoms with Gasteiger partial charge in [-0.2, -0.15) is 0 Å². The van der Waals surface area contributed by atoms with Crippen LogP contribution in [0.4, 0.5) is 11.4 Å². The molecule has 0 aliphatic carbocycles. The fourth-order valence-corrected chi connectivity index (χ4v) is 3.30. The Bertz CT molecular complexity index is 797. The SMILES string of the molecule is COC(=O)CCCNC(=O)COC(=O)c1ccc(N2CCC[C@@H](C)C2)c([N+](=O)[O-])c1. The van der Waals surface area contributed by atoms with Crippen LogP contribution in [0.15, 0.2) is 18.2 Å². The molecule has 0 unspecified atom stereocenters. The van der Waals surface area contributed by atoms with E-state index in [1.54, 1.807) is 6.07 Å². The second kappa shape index (κ2) is 11.1. The average molecular weight is 421 g/mol. The zero-order chi connectivity index (χ0) is 22.1. The zero-order valence-corrected chi connectivity index (χ0v) is 17.2. The summed E-state index contributed by atoms with van der Waals surface area (Å²) in [4.78, 5) is 47.9. The number of benzene rings is 1. The smallest absolute Gasteiger partial charge is 0.338 e. The highest BCUT2D eigenvalue weighted by Crippen LogP contribution is 2.32. The Morgan fingerprint density at radius 3 is 2.77 bits per heavy atom. The van der Waals surface area contributed by atoms with Gasteiger partial charge >= 0.3 is 11.9 Å². The number of hydrogen-bond acceptors (Lipinski definition) is 8. The summed E-state index contributed by atoms with van der Waals surface area (Å²) in [5, 5.41) is 14.0. The van der Waals surface area contributed by atoms with Gasteiger partial charge in [0.2, 0.25) is 0 Å². The lowest BCUT2D eigenvalue weighted by Gasteiger charge is -2.32. The molecular formula is C20H27N3O7. The van der Waals surface area contributed by atoms with Crippen molar-refractivity contribution in [1.82, 2.24) is 5.32 Å². The molecule has 1 aliphatic rings. The third kappa shape index (κ3) is 6.71. The quantitative estimate of drug-likeness (QED) is 0.278. The molecule has 0 spiro atoms. The molecule has 10 nitrogen and oxygen atoms in total. The van der Waals surface area contributed by atoms with Crippen molar-refractivity contribution in [3.63, 3.8) is 0 Å². The van der Waals surface area contributed by atoms with Crippen molar-refractivity contribution in [1.29, 1.82) is 0 Å². The Balaban J connectivity index is 1.92. The van der Waals surface area contributed by atoms with Crippen LogP contribution < -0.4 is 10.2 Å². The second-order valence-electron chi connectivity index (χ2n) is 7.26. The molecule has 2 rings (SSSR count). The molecule has 1 N–H and O–H groups in total. The van der Waals surface area contributed by atoms with Crippen LogP contribution in [0.1, 0.15) is 43.0 Å². The summed E-state index contributed by atoms with van der Waals surface area (Å²) in [6, 6.07) is 4.21. The maximum Gasteiger partial charge on any atom is 0.338 e. The number of nitrogens with one attached hydrogen (secondary N) is 1. The van der Waals surface area contributed by atoms with Crippen molar-refractivity contribution in [2.45, 2.75) is 32.6 Å². The number of hydrogen-bond donors (Lipinski definition) is 1. The number of methoxy groups -OCH3 is 1. The number of ether oxygens (including phenoxy) is 2. The van der Waals surface area contributed by atoms with E-state index in [0.29, 0.717) is 18.0 Å². The number of anilines is 1. The van der Waals surface area contributed by atoms with Crippen molar-refractivity contribution in [2.75, 3.05) is 38.3 Å². The number of carbonyl (C=O) groups is 3. The van der Waals surface area contributed by atoms with Gasteiger partial charge in [-0.15, -0.1) is 0 Å². The Labute approximate surface area is 174 Å². The van der Waals surface area contributed by atoms with Gasteiger partial charge in [-0.25, -0.2) is 4.79 Å². The van der Waals surface area contributed by atoms with Crippen LogP contribution in [0.2, 0.25) is 0 Å². The minimum atomic E-state index is -0.818. The average Bonchev–Trinajstić information content (AvgIpc) is 2.74. The van der Waals surface area contributed by atoms with Gasteiger partial charge in [0.1, 0.15) is 5.69 Å². The lowest BCUT2D eigenvalue weighted by Crippen LogP contribution is -2.34. The number of carbonyl (C=O) groups excluding carboxylic acids is 3. The minimum Gasteiger partial charge on any atom is -0.469 e. The summed E-state index contributed by atoms with van der Waals surface area (Å²) >= 11 is 0. The Kier molecular flexibility index (Phi) is 8.57. The molecule has 0 bridgehead atoms. The highest BCUT2D eigenvalue weighted by Gasteiger charge is 2.25. The summed E-state index contributed by atoms with van der Waals surface area (Å²) in [5.41, 5.74) is 0.325. The maximum atomic E-state index is 12.2. The molecule has 164 valence electrons. The Morgan fingerprint density at radius 1 is 1.33 bits per heavy atom. The summed E-state index contributed by atoms with van der Waals surface area (Å²) in [5.74, 6) is -1.28. The van der Waals surface area contributed by atoms with Crippen LogP contribution >= 0.6 is 0 Å².